The predicted octanol–water partition coefficient (Wildman–Crippen LogP) is 1.63. The second kappa shape index (κ2) is 4.16. The smallest absolute Gasteiger partial charge is 0.316 e. The summed E-state index contributed by atoms with van der Waals surface area (Å²) in [5.74, 6) is -3.25. The van der Waals surface area contributed by atoms with Gasteiger partial charge >= 0.3 is 5.97 Å². The number of amides is 1. The second-order valence-electron chi connectivity index (χ2n) is 4.78. The zero-order chi connectivity index (χ0) is 13.7. The number of carboxylic acids is 1. The molecule has 1 aliphatic heterocycles. The molecular weight excluding hydrogens is 275 g/mol. The fourth-order valence-corrected chi connectivity index (χ4v) is 2.45. The van der Waals surface area contributed by atoms with Crippen LogP contribution >= 0.6 is 11.6 Å². The van der Waals surface area contributed by atoms with Crippen LogP contribution in [-0.4, -0.2) is 28.0 Å². The standard InChI is InChI=1S/C12H10ClFN2O3/c13-9-8(14)4-5-3-7(12(18)19)11(17)16(6-1-2-6)10(5)15-9/h4,6-7H,1-3H2,(H,18,19). The number of fused-ring (bicyclic) bond motifs is 1. The van der Waals surface area contributed by atoms with Gasteiger partial charge in [-0.2, -0.15) is 0 Å². The van der Waals surface area contributed by atoms with Crippen molar-refractivity contribution < 1.29 is 19.1 Å². The van der Waals surface area contributed by atoms with Gasteiger partial charge in [-0.1, -0.05) is 11.6 Å². The Labute approximate surface area is 113 Å². The quantitative estimate of drug-likeness (QED) is 0.662. The Kier molecular flexibility index (Phi) is 2.70. The van der Waals surface area contributed by atoms with Gasteiger partial charge in [0.05, 0.1) is 0 Å². The molecule has 1 N–H and O–H groups in total. The van der Waals surface area contributed by atoms with Crippen LogP contribution in [0.2, 0.25) is 5.15 Å². The van der Waals surface area contributed by atoms with Gasteiger partial charge in [-0.05, 0) is 30.9 Å². The molecule has 1 amide bonds. The number of pyridine rings is 1. The van der Waals surface area contributed by atoms with Gasteiger partial charge in [0.1, 0.15) is 11.7 Å². The van der Waals surface area contributed by atoms with Crippen LogP contribution in [0.5, 0.6) is 0 Å². The summed E-state index contributed by atoms with van der Waals surface area (Å²) in [7, 11) is 0. The van der Waals surface area contributed by atoms with E-state index < -0.39 is 23.6 Å². The van der Waals surface area contributed by atoms with Gasteiger partial charge in [0.25, 0.3) is 0 Å². The third-order valence-electron chi connectivity index (χ3n) is 3.39. The molecule has 0 saturated heterocycles. The molecule has 100 valence electrons. The third kappa shape index (κ3) is 1.96. The maximum atomic E-state index is 13.4. The molecule has 5 nitrogen and oxygen atoms in total. The highest BCUT2D eigenvalue weighted by Gasteiger charge is 2.45. The summed E-state index contributed by atoms with van der Waals surface area (Å²) in [4.78, 5) is 28.6. The Morgan fingerprint density at radius 2 is 2.21 bits per heavy atom. The van der Waals surface area contributed by atoms with E-state index in [-0.39, 0.29) is 17.6 Å². The number of nitrogens with zero attached hydrogens (tertiary/aromatic N) is 2. The highest BCUT2D eigenvalue weighted by atomic mass is 35.5. The average Bonchev–Trinajstić information content (AvgIpc) is 3.14. The first-order valence-corrected chi connectivity index (χ1v) is 6.27. The highest BCUT2D eigenvalue weighted by molar-refractivity contribution is 6.29. The van der Waals surface area contributed by atoms with Gasteiger partial charge in [0.15, 0.2) is 11.0 Å². The predicted molar refractivity (Wildman–Crippen MR) is 64.5 cm³/mol. The molecule has 0 aromatic carbocycles. The molecule has 2 heterocycles. The summed E-state index contributed by atoms with van der Waals surface area (Å²) in [6.45, 7) is 0. The summed E-state index contributed by atoms with van der Waals surface area (Å²) in [6.07, 6.45) is 1.55. The van der Waals surface area contributed by atoms with Crippen LogP contribution in [0, 0.1) is 11.7 Å². The van der Waals surface area contributed by atoms with Gasteiger partial charge in [0.2, 0.25) is 5.91 Å². The SMILES string of the molecule is O=C(O)C1Cc2cc(F)c(Cl)nc2N(C2CC2)C1=O. The molecule has 1 aromatic heterocycles. The monoisotopic (exact) mass is 284 g/mol. The fourth-order valence-electron chi connectivity index (χ4n) is 2.31. The van der Waals surface area contributed by atoms with Crippen LogP contribution in [0.4, 0.5) is 10.2 Å². The third-order valence-corrected chi connectivity index (χ3v) is 3.65. The normalized spacial score (nSPS) is 22.3. The molecular formula is C12H10ClFN2O3. The van der Waals surface area contributed by atoms with Gasteiger partial charge in [-0.3, -0.25) is 14.5 Å². The first kappa shape index (κ1) is 12.3. The van der Waals surface area contributed by atoms with Gasteiger partial charge in [0, 0.05) is 6.04 Å². The number of aromatic nitrogens is 1. The minimum atomic E-state index is -1.20. The van der Waals surface area contributed by atoms with E-state index in [0.29, 0.717) is 11.4 Å². The lowest BCUT2D eigenvalue weighted by atomic mass is 9.93. The molecule has 1 aromatic rings. The Balaban J connectivity index is 2.12. The first-order chi connectivity index (χ1) is 8.99. The molecule has 1 fully saturated rings. The number of carbonyl (C=O) groups is 2. The van der Waals surface area contributed by atoms with Crippen molar-refractivity contribution in [2.24, 2.45) is 5.92 Å². The van der Waals surface area contributed by atoms with Crippen LogP contribution in [0.1, 0.15) is 18.4 Å². The van der Waals surface area contributed by atoms with E-state index in [1.807, 2.05) is 0 Å². The zero-order valence-corrected chi connectivity index (χ0v) is 10.5. The summed E-state index contributed by atoms with van der Waals surface area (Å²) in [5.41, 5.74) is 0.417. The Morgan fingerprint density at radius 3 is 2.79 bits per heavy atom. The molecule has 2 aliphatic rings. The largest absolute Gasteiger partial charge is 0.481 e. The van der Waals surface area contributed by atoms with Crippen molar-refractivity contribution in [1.29, 1.82) is 0 Å². The zero-order valence-electron chi connectivity index (χ0n) is 9.77. The number of carboxylic acid groups (broad SMARTS) is 1. The fraction of sp³-hybridized carbons (Fsp3) is 0.417. The molecule has 0 bridgehead atoms. The number of hydrogen-bond donors (Lipinski definition) is 1. The molecule has 19 heavy (non-hydrogen) atoms. The molecule has 1 atom stereocenters. The first-order valence-electron chi connectivity index (χ1n) is 5.90. The number of rotatable bonds is 2. The topological polar surface area (TPSA) is 70.5 Å². The van der Waals surface area contributed by atoms with Gasteiger partial charge < -0.3 is 5.11 Å². The van der Waals surface area contributed by atoms with Crippen LogP contribution in [0.3, 0.4) is 0 Å². The maximum Gasteiger partial charge on any atom is 0.316 e. The summed E-state index contributed by atoms with van der Waals surface area (Å²) in [5, 5.41) is 8.79. The van der Waals surface area contributed by atoms with Crippen molar-refractivity contribution in [3.05, 3.63) is 22.6 Å². The molecule has 0 radical (unpaired) electrons. The van der Waals surface area contributed by atoms with E-state index in [4.69, 9.17) is 16.7 Å². The summed E-state index contributed by atoms with van der Waals surface area (Å²) < 4.78 is 13.4. The van der Waals surface area contributed by atoms with E-state index in [1.54, 1.807) is 0 Å². The van der Waals surface area contributed by atoms with Gasteiger partial charge in [-0.25, -0.2) is 9.37 Å². The Hall–Kier alpha value is -1.69. The van der Waals surface area contributed by atoms with Crippen molar-refractivity contribution in [2.45, 2.75) is 25.3 Å². The number of carbonyl (C=O) groups excluding carboxylic acids is 1. The van der Waals surface area contributed by atoms with Crippen molar-refractivity contribution >= 4 is 29.3 Å². The molecule has 1 saturated carbocycles. The van der Waals surface area contributed by atoms with Crippen molar-refractivity contribution in [3.63, 3.8) is 0 Å². The summed E-state index contributed by atoms with van der Waals surface area (Å²) in [6, 6.07) is 1.13. The summed E-state index contributed by atoms with van der Waals surface area (Å²) >= 11 is 5.64. The van der Waals surface area contributed by atoms with Gasteiger partial charge in [-0.15, -0.1) is 0 Å². The maximum absolute atomic E-state index is 13.4. The van der Waals surface area contributed by atoms with E-state index >= 15 is 0 Å². The van der Waals surface area contributed by atoms with E-state index in [0.717, 1.165) is 12.8 Å². The minimum absolute atomic E-state index is 0.0394. The highest BCUT2D eigenvalue weighted by Crippen LogP contribution is 2.39. The Bertz CT molecular complexity index is 589. The lowest BCUT2D eigenvalue weighted by molar-refractivity contribution is -0.146. The Morgan fingerprint density at radius 1 is 1.53 bits per heavy atom. The molecule has 7 heteroatoms. The van der Waals surface area contributed by atoms with E-state index in [9.17, 15) is 14.0 Å². The molecule has 1 unspecified atom stereocenters. The van der Waals surface area contributed by atoms with Crippen LogP contribution in [-0.2, 0) is 16.0 Å². The number of aliphatic carboxylic acids is 1. The lowest BCUT2D eigenvalue weighted by Gasteiger charge is -2.31. The minimum Gasteiger partial charge on any atom is -0.481 e. The molecule has 3 rings (SSSR count). The van der Waals surface area contributed by atoms with Crippen LogP contribution in [0.15, 0.2) is 6.07 Å². The van der Waals surface area contributed by atoms with Crippen molar-refractivity contribution in [2.75, 3.05) is 4.90 Å². The molecule has 1 aliphatic carbocycles. The van der Waals surface area contributed by atoms with Crippen LogP contribution in [0.25, 0.3) is 0 Å². The van der Waals surface area contributed by atoms with E-state index in [1.165, 1.54) is 11.0 Å². The lowest BCUT2D eigenvalue weighted by Crippen LogP contribution is -2.46. The number of hydrogen-bond acceptors (Lipinski definition) is 3. The van der Waals surface area contributed by atoms with Crippen molar-refractivity contribution in [1.82, 2.24) is 4.98 Å². The molecule has 0 spiro atoms. The van der Waals surface area contributed by atoms with Crippen molar-refractivity contribution in [3.8, 4) is 0 Å². The van der Waals surface area contributed by atoms with Crippen LogP contribution < -0.4 is 4.90 Å². The number of halogens is 2. The average molecular weight is 285 g/mol. The second-order valence-corrected chi connectivity index (χ2v) is 5.14. The van der Waals surface area contributed by atoms with E-state index in [2.05, 4.69) is 4.98 Å². The number of anilines is 1.